The van der Waals surface area contributed by atoms with Crippen LogP contribution in [0, 0.1) is 5.92 Å². The Bertz CT molecular complexity index is 743. The van der Waals surface area contributed by atoms with Crippen molar-refractivity contribution in [2.24, 2.45) is 5.92 Å². The van der Waals surface area contributed by atoms with Crippen molar-refractivity contribution < 1.29 is 13.2 Å². The van der Waals surface area contributed by atoms with E-state index < -0.39 is 10.0 Å². The molecule has 0 fully saturated rings. The number of methoxy groups -OCH3 is 1. The van der Waals surface area contributed by atoms with Gasteiger partial charge in [-0.2, -0.15) is 4.31 Å². The Morgan fingerprint density at radius 3 is 2.91 bits per heavy atom. The van der Waals surface area contributed by atoms with Gasteiger partial charge < -0.3 is 9.30 Å². The van der Waals surface area contributed by atoms with Crippen LogP contribution >= 0.6 is 0 Å². The van der Waals surface area contributed by atoms with E-state index in [1.165, 1.54) is 6.20 Å². The van der Waals surface area contributed by atoms with E-state index in [4.69, 9.17) is 4.74 Å². The number of ether oxygens (including phenoxy) is 1. The summed E-state index contributed by atoms with van der Waals surface area (Å²) in [5.74, 6) is 0.218. The van der Waals surface area contributed by atoms with Gasteiger partial charge in [0.1, 0.15) is 4.90 Å². The molecule has 2 aromatic heterocycles. The summed E-state index contributed by atoms with van der Waals surface area (Å²) in [5.41, 5.74) is 1.01. The monoisotopic (exact) mass is 335 g/mol. The molecule has 0 saturated heterocycles. The molecule has 0 N–H and O–H groups in total. The van der Waals surface area contributed by atoms with Gasteiger partial charge in [-0.25, -0.2) is 8.42 Å². The lowest BCUT2D eigenvalue weighted by molar-refractivity contribution is 0.167. The first-order valence-corrected chi connectivity index (χ1v) is 9.08. The van der Waals surface area contributed by atoms with Crippen molar-refractivity contribution in [2.45, 2.75) is 24.4 Å². The first-order valence-electron chi connectivity index (χ1n) is 7.64. The molecule has 7 heteroatoms. The SMILES string of the molecule is COCC[C@@H]1CN(S(=O)(=O)c2cccnc2)Cc2cccn2C1. The van der Waals surface area contributed by atoms with E-state index in [0.717, 1.165) is 18.7 Å². The molecular weight excluding hydrogens is 314 g/mol. The van der Waals surface area contributed by atoms with Crippen molar-refractivity contribution in [2.75, 3.05) is 20.3 Å². The Morgan fingerprint density at radius 2 is 2.17 bits per heavy atom. The summed E-state index contributed by atoms with van der Waals surface area (Å²) in [4.78, 5) is 4.18. The molecule has 0 amide bonds. The zero-order chi connectivity index (χ0) is 16.3. The topological polar surface area (TPSA) is 64.4 Å². The van der Waals surface area contributed by atoms with Gasteiger partial charge in [-0.15, -0.1) is 0 Å². The molecule has 0 aliphatic carbocycles. The maximum absolute atomic E-state index is 12.9. The molecule has 0 aromatic carbocycles. The molecule has 124 valence electrons. The predicted octanol–water partition coefficient (Wildman–Crippen LogP) is 1.74. The fourth-order valence-corrected chi connectivity index (χ4v) is 4.39. The zero-order valence-electron chi connectivity index (χ0n) is 13.1. The standard InChI is InChI=1S/C16H21N3O3S/c1-22-9-6-14-11-18-8-3-4-15(18)13-19(12-14)23(20,21)16-5-2-7-17-10-16/h2-5,7-8,10,14H,6,9,11-13H2,1H3/t14-/m0/s1. The van der Waals surface area contributed by atoms with Gasteiger partial charge in [-0.1, -0.05) is 0 Å². The Morgan fingerprint density at radius 1 is 1.30 bits per heavy atom. The molecule has 3 heterocycles. The normalized spacial score (nSPS) is 19.3. The van der Waals surface area contributed by atoms with Crippen LogP contribution in [0.2, 0.25) is 0 Å². The summed E-state index contributed by atoms with van der Waals surface area (Å²) in [6.45, 7) is 2.31. The minimum atomic E-state index is -3.55. The van der Waals surface area contributed by atoms with E-state index >= 15 is 0 Å². The van der Waals surface area contributed by atoms with Crippen molar-refractivity contribution >= 4 is 10.0 Å². The molecular formula is C16H21N3O3S. The quantitative estimate of drug-likeness (QED) is 0.835. The van der Waals surface area contributed by atoms with Gasteiger partial charge in [0.2, 0.25) is 10.0 Å². The summed E-state index contributed by atoms with van der Waals surface area (Å²) in [5, 5.41) is 0. The molecule has 23 heavy (non-hydrogen) atoms. The third kappa shape index (κ3) is 3.46. The van der Waals surface area contributed by atoms with E-state index in [9.17, 15) is 8.42 Å². The largest absolute Gasteiger partial charge is 0.385 e. The van der Waals surface area contributed by atoms with Crippen LogP contribution in [0.25, 0.3) is 0 Å². The van der Waals surface area contributed by atoms with Crippen molar-refractivity contribution in [1.82, 2.24) is 13.9 Å². The number of pyridine rings is 1. The summed E-state index contributed by atoms with van der Waals surface area (Å²) in [6, 6.07) is 7.18. The molecule has 1 atom stereocenters. The van der Waals surface area contributed by atoms with Gasteiger partial charge in [0.05, 0.1) is 6.54 Å². The molecule has 0 saturated carbocycles. The fraction of sp³-hybridized carbons (Fsp3) is 0.438. The highest BCUT2D eigenvalue weighted by molar-refractivity contribution is 7.89. The van der Waals surface area contributed by atoms with Gasteiger partial charge >= 0.3 is 0 Å². The highest BCUT2D eigenvalue weighted by Crippen LogP contribution is 2.25. The Labute approximate surface area is 136 Å². The van der Waals surface area contributed by atoms with Crippen LogP contribution in [-0.2, 0) is 27.8 Å². The number of fused-ring (bicyclic) bond motifs is 1. The molecule has 0 unspecified atom stereocenters. The lowest BCUT2D eigenvalue weighted by atomic mass is 10.1. The maximum Gasteiger partial charge on any atom is 0.244 e. The van der Waals surface area contributed by atoms with Crippen LogP contribution < -0.4 is 0 Å². The van der Waals surface area contributed by atoms with Gasteiger partial charge in [-0.3, -0.25) is 4.98 Å². The van der Waals surface area contributed by atoms with Crippen LogP contribution in [0.3, 0.4) is 0 Å². The lowest BCUT2D eigenvalue weighted by Gasteiger charge is -2.23. The third-order valence-electron chi connectivity index (χ3n) is 4.18. The lowest BCUT2D eigenvalue weighted by Crippen LogP contribution is -2.34. The van der Waals surface area contributed by atoms with Crippen LogP contribution in [0.15, 0.2) is 47.8 Å². The second-order valence-electron chi connectivity index (χ2n) is 5.79. The number of nitrogens with zero attached hydrogens (tertiary/aromatic N) is 3. The minimum Gasteiger partial charge on any atom is -0.385 e. The van der Waals surface area contributed by atoms with Crippen molar-refractivity contribution in [1.29, 1.82) is 0 Å². The van der Waals surface area contributed by atoms with Crippen molar-refractivity contribution in [3.05, 3.63) is 48.5 Å². The van der Waals surface area contributed by atoms with E-state index in [2.05, 4.69) is 9.55 Å². The van der Waals surface area contributed by atoms with Crippen LogP contribution in [0.1, 0.15) is 12.1 Å². The van der Waals surface area contributed by atoms with Crippen molar-refractivity contribution in [3.8, 4) is 0 Å². The van der Waals surface area contributed by atoms with Crippen LogP contribution in [0.4, 0.5) is 0 Å². The number of hydrogen-bond acceptors (Lipinski definition) is 4. The van der Waals surface area contributed by atoms with Gasteiger partial charge in [0, 0.05) is 51.1 Å². The van der Waals surface area contributed by atoms with E-state index in [1.807, 2.05) is 18.3 Å². The first kappa shape index (κ1) is 16.2. The predicted molar refractivity (Wildman–Crippen MR) is 86.2 cm³/mol. The molecule has 2 aromatic rings. The summed E-state index contributed by atoms with van der Waals surface area (Å²) < 4.78 is 34.7. The van der Waals surface area contributed by atoms with Gasteiger partial charge in [0.15, 0.2) is 0 Å². The molecule has 6 nitrogen and oxygen atoms in total. The summed E-state index contributed by atoms with van der Waals surface area (Å²) in [7, 11) is -1.88. The fourth-order valence-electron chi connectivity index (χ4n) is 2.94. The molecule has 1 aliphatic rings. The number of rotatable bonds is 5. The summed E-state index contributed by atoms with van der Waals surface area (Å²) >= 11 is 0. The first-order chi connectivity index (χ1) is 11.1. The summed E-state index contributed by atoms with van der Waals surface area (Å²) in [6.07, 6.45) is 5.82. The second-order valence-corrected chi connectivity index (χ2v) is 7.72. The second kappa shape index (κ2) is 6.82. The molecule has 0 bridgehead atoms. The number of sulfonamides is 1. The van der Waals surface area contributed by atoms with Crippen LogP contribution in [-0.4, -0.2) is 42.5 Å². The minimum absolute atomic E-state index is 0.218. The molecule has 0 radical (unpaired) electrons. The highest BCUT2D eigenvalue weighted by Gasteiger charge is 2.30. The number of aromatic nitrogens is 2. The third-order valence-corrected chi connectivity index (χ3v) is 5.98. The van der Waals surface area contributed by atoms with Crippen molar-refractivity contribution in [3.63, 3.8) is 0 Å². The average Bonchev–Trinajstić information content (AvgIpc) is 2.91. The highest BCUT2D eigenvalue weighted by atomic mass is 32.2. The molecule has 3 rings (SSSR count). The van der Waals surface area contributed by atoms with E-state index in [-0.39, 0.29) is 10.8 Å². The van der Waals surface area contributed by atoms with Gasteiger partial charge in [-0.05, 0) is 36.6 Å². The Hall–Kier alpha value is -1.70. The van der Waals surface area contributed by atoms with Crippen LogP contribution in [0.5, 0.6) is 0 Å². The molecule has 0 spiro atoms. The van der Waals surface area contributed by atoms with Gasteiger partial charge in [0.25, 0.3) is 0 Å². The smallest absolute Gasteiger partial charge is 0.244 e. The average molecular weight is 335 g/mol. The molecule has 1 aliphatic heterocycles. The maximum atomic E-state index is 12.9. The van der Waals surface area contributed by atoms with E-state index in [1.54, 1.807) is 29.7 Å². The Balaban J connectivity index is 1.91. The Kier molecular flexibility index (Phi) is 4.79. The van der Waals surface area contributed by atoms with E-state index in [0.29, 0.717) is 19.7 Å². The zero-order valence-corrected chi connectivity index (χ0v) is 13.9. The number of hydrogen-bond donors (Lipinski definition) is 0.